The van der Waals surface area contributed by atoms with Crippen LogP contribution in [0.4, 0.5) is 35.1 Å². The number of likely N-dealkylation sites (tertiary alicyclic amines) is 1. The normalized spacial score (nSPS) is 19.8. The van der Waals surface area contributed by atoms with Gasteiger partial charge in [-0.15, -0.1) is 0 Å². The van der Waals surface area contributed by atoms with Gasteiger partial charge in [-0.2, -0.15) is 35.1 Å². The first-order chi connectivity index (χ1) is 15.5. The number of allylic oxidation sites excluding steroid dienone is 1. The molecule has 188 valence electrons. The van der Waals surface area contributed by atoms with Crippen LogP contribution >= 0.6 is 0 Å². The lowest BCUT2D eigenvalue weighted by atomic mass is 10.0. The maximum Gasteiger partial charge on any atom is 0.451 e. The number of amides is 2. The van der Waals surface area contributed by atoms with Gasteiger partial charge in [0.1, 0.15) is 0 Å². The van der Waals surface area contributed by atoms with Crippen LogP contribution in [0.5, 0.6) is 0 Å². The molecule has 2 N–H and O–H groups in total. The van der Waals surface area contributed by atoms with Gasteiger partial charge in [0.25, 0.3) is 5.91 Å². The minimum absolute atomic E-state index is 0.0989. The second kappa shape index (κ2) is 8.74. The topological polar surface area (TPSA) is 92.4 Å². The third kappa shape index (κ3) is 5.28. The largest absolute Gasteiger partial charge is 0.451 e. The molecule has 1 fully saturated rings. The Labute approximate surface area is 187 Å². The van der Waals surface area contributed by atoms with Gasteiger partial charge in [-0.1, -0.05) is 6.58 Å². The fraction of sp³-hybridized carbons (Fsp3) is 0.579. The van der Waals surface area contributed by atoms with Crippen molar-refractivity contribution in [3.05, 3.63) is 35.1 Å². The van der Waals surface area contributed by atoms with E-state index in [0.29, 0.717) is 4.90 Å². The summed E-state index contributed by atoms with van der Waals surface area (Å²) in [5.41, 5.74) is 3.09. The molecule has 2 aliphatic rings. The van der Waals surface area contributed by atoms with Crippen molar-refractivity contribution in [2.24, 2.45) is 5.73 Å². The van der Waals surface area contributed by atoms with Crippen LogP contribution in [-0.4, -0.2) is 56.6 Å². The summed E-state index contributed by atoms with van der Waals surface area (Å²) in [7, 11) is 0. The Hall–Kier alpha value is -2.84. The van der Waals surface area contributed by atoms with Gasteiger partial charge in [0.05, 0.1) is 12.2 Å². The minimum Gasteiger partial charge on any atom is -0.336 e. The standard InChI is InChI=1S/C19H19F8N5O2/c1-9-2-4-17(20,21)16(34)32(9)7-10(28)6-13(33)31-5-3-11-12(8-31)29-15(19(25,26)27)30-14(11)18(22,23)24/h10H,1-8,28H2. The first-order valence-corrected chi connectivity index (χ1v) is 9.96. The van der Waals surface area contributed by atoms with Crippen LogP contribution in [-0.2, 0) is 34.9 Å². The lowest BCUT2D eigenvalue weighted by Crippen LogP contribution is -2.51. The van der Waals surface area contributed by atoms with Crippen LogP contribution in [0.15, 0.2) is 12.3 Å². The van der Waals surface area contributed by atoms with E-state index >= 15 is 0 Å². The van der Waals surface area contributed by atoms with Crippen LogP contribution in [0.2, 0.25) is 0 Å². The average Bonchev–Trinajstić information content (AvgIpc) is 2.71. The number of hydrogen-bond acceptors (Lipinski definition) is 5. The summed E-state index contributed by atoms with van der Waals surface area (Å²) in [6.07, 6.45) is -12.2. The highest BCUT2D eigenvalue weighted by Crippen LogP contribution is 2.37. The van der Waals surface area contributed by atoms with Gasteiger partial charge in [-0.05, 0) is 12.8 Å². The summed E-state index contributed by atoms with van der Waals surface area (Å²) >= 11 is 0. The van der Waals surface area contributed by atoms with E-state index in [1.807, 2.05) is 0 Å². The molecule has 2 amide bonds. The number of hydrogen-bond donors (Lipinski definition) is 1. The van der Waals surface area contributed by atoms with Crippen molar-refractivity contribution in [3.8, 4) is 0 Å². The molecule has 7 nitrogen and oxygen atoms in total. The zero-order valence-corrected chi connectivity index (χ0v) is 17.4. The zero-order chi connectivity index (χ0) is 25.6. The molecule has 1 saturated heterocycles. The van der Waals surface area contributed by atoms with E-state index in [1.165, 1.54) is 0 Å². The molecule has 1 atom stereocenters. The number of carbonyl (C=O) groups excluding carboxylic acids is 2. The van der Waals surface area contributed by atoms with Gasteiger partial charge in [0.2, 0.25) is 11.7 Å². The predicted octanol–water partition coefficient (Wildman–Crippen LogP) is 2.89. The lowest BCUT2D eigenvalue weighted by molar-refractivity contribution is -0.160. The number of nitrogens with zero attached hydrogens (tertiary/aromatic N) is 4. The van der Waals surface area contributed by atoms with Crippen LogP contribution in [0.25, 0.3) is 0 Å². The molecule has 0 saturated carbocycles. The highest BCUT2D eigenvalue weighted by atomic mass is 19.4. The van der Waals surface area contributed by atoms with E-state index in [1.54, 1.807) is 0 Å². The molecule has 0 spiro atoms. The van der Waals surface area contributed by atoms with Gasteiger partial charge < -0.3 is 15.5 Å². The summed E-state index contributed by atoms with van der Waals surface area (Å²) in [4.78, 5) is 32.0. The molecule has 3 rings (SSSR count). The molecule has 2 aliphatic heterocycles. The quantitative estimate of drug-likeness (QED) is 0.641. The Kier molecular flexibility index (Phi) is 6.63. The predicted molar refractivity (Wildman–Crippen MR) is 98.8 cm³/mol. The van der Waals surface area contributed by atoms with E-state index < -0.39 is 91.3 Å². The highest BCUT2D eigenvalue weighted by molar-refractivity contribution is 5.86. The third-order valence-corrected chi connectivity index (χ3v) is 5.46. The Morgan fingerprint density at radius 3 is 2.35 bits per heavy atom. The number of piperidine rings is 1. The van der Waals surface area contributed by atoms with Crippen LogP contribution in [0.3, 0.4) is 0 Å². The van der Waals surface area contributed by atoms with Crippen molar-refractivity contribution in [3.63, 3.8) is 0 Å². The van der Waals surface area contributed by atoms with E-state index in [9.17, 15) is 44.7 Å². The Morgan fingerprint density at radius 2 is 1.76 bits per heavy atom. The van der Waals surface area contributed by atoms with Crippen molar-refractivity contribution in [1.82, 2.24) is 19.8 Å². The smallest absolute Gasteiger partial charge is 0.336 e. The number of halogens is 8. The van der Waals surface area contributed by atoms with Crippen molar-refractivity contribution in [2.45, 2.75) is 56.5 Å². The van der Waals surface area contributed by atoms with Gasteiger partial charge in [0, 0.05) is 43.2 Å². The van der Waals surface area contributed by atoms with Crippen molar-refractivity contribution in [2.75, 3.05) is 13.1 Å². The Morgan fingerprint density at radius 1 is 1.12 bits per heavy atom. The molecular formula is C19H19F8N5O2. The highest BCUT2D eigenvalue weighted by Gasteiger charge is 2.47. The minimum atomic E-state index is -5.24. The number of fused-ring (bicyclic) bond motifs is 1. The fourth-order valence-corrected chi connectivity index (χ4v) is 3.75. The number of carbonyl (C=O) groups is 2. The average molecular weight is 501 g/mol. The maximum absolute atomic E-state index is 13.7. The molecule has 0 aliphatic carbocycles. The van der Waals surface area contributed by atoms with Crippen LogP contribution < -0.4 is 5.73 Å². The number of nitrogens with two attached hydrogens (primary N) is 1. The van der Waals surface area contributed by atoms with Crippen LogP contribution in [0.1, 0.15) is 42.0 Å². The molecule has 0 bridgehead atoms. The number of alkyl halides is 8. The van der Waals surface area contributed by atoms with Crippen LogP contribution in [0, 0.1) is 0 Å². The molecule has 34 heavy (non-hydrogen) atoms. The van der Waals surface area contributed by atoms with Crippen molar-refractivity contribution < 1.29 is 44.7 Å². The second-order valence-electron chi connectivity index (χ2n) is 8.03. The summed E-state index contributed by atoms with van der Waals surface area (Å²) in [5, 5.41) is 0. The molecule has 0 aromatic carbocycles. The number of rotatable bonds is 4. The van der Waals surface area contributed by atoms with E-state index in [-0.39, 0.29) is 18.7 Å². The Balaban J connectivity index is 1.74. The monoisotopic (exact) mass is 501 g/mol. The summed E-state index contributed by atoms with van der Waals surface area (Å²) in [6.45, 7) is 2.16. The maximum atomic E-state index is 13.7. The summed E-state index contributed by atoms with van der Waals surface area (Å²) in [6, 6.07) is -1.13. The summed E-state index contributed by atoms with van der Waals surface area (Å²) < 4.78 is 106. The van der Waals surface area contributed by atoms with E-state index in [2.05, 4.69) is 16.5 Å². The first kappa shape index (κ1) is 25.8. The third-order valence-electron chi connectivity index (χ3n) is 5.46. The molecular weight excluding hydrogens is 482 g/mol. The Bertz CT molecular complexity index is 1010. The molecule has 3 heterocycles. The zero-order valence-electron chi connectivity index (χ0n) is 17.4. The van der Waals surface area contributed by atoms with Crippen molar-refractivity contribution >= 4 is 11.8 Å². The molecule has 15 heteroatoms. The SMILES string of the molecule is C=C1CCC(F)(F)C(=O)N1CC(N)CC(=O)N1CCc2c(nc(C(F)(F)F)nc2C(F)(F)F)C1. The molecule has 0 radical (unpaired) electrons. The lowest BCUT2D eigenvalue weighted by Gasteiger charge is -2.35. The summed E-state index contributed by atoms with van der Waals surface area (Å²) in [5.74, 6) is -7.84. The second-order valence-corrected chi connectivity index (χ2v) is 8.03. The van der Waals surface area contributed by atoms with Gasteiger partial charge >= 0.3 is 18.3 Å². The van der Waals surface area contributed by atoms with E-state index in [4.69, 9.17) is 5.73 Å². The van der Waals surface area contributed by atoms with Crippen molar-refractivity contribution in [1.29, 1.82) is 0 Å². The van der Waals surface area contributed by atoms with Gasteiger partial charge in [-0.25, -0.2) is 9.97 Å². The number of aromatic nitrogens is 2. The molecule has 1 aromatic rings. The van der Waals surface area contributed by atoms with Gasteiger partial charge in [-0.3, -0.25) is 9.59 Å². The fourth-order valence-electron chi connectivity index (χ4n) is 3.75. The van der Waals surface area contributed by atoms with E-state index in [0.717, 1.165) is 4.90 Å². The molecule has 1 aromatic heterocycles. The van der Waals surface area contributed by atoms with Gasteiger partial charge in [0.15, 0.2) is 5.69 Å². The molecule has 1 unspecified atom stereocenters. The first-order valence-electron chi connectivity index (χ1n) is 9.96.